The number of carbonyl (C=O) groups is 3. The quantitative estimate of drug-likeness (QED) is 0.384. The van der Waals surface area contributed by atoms with Gasteiger partial charge in [-0.15, -0.1) is 11.8 Å². The number of ether oxygens (including phenoxy) is 2. The van der Waals surface area contributed by atoms with Crippen LogP contribution < -0.4 is 0 Å². The Hall–Kier alpha value is -1.88. The molecule has 0 aromatic heterocycles. The number of nitrogens with zero attached hydrogens (tertiary/aromatic N) is 3. The second kappa shape index (κ2) is 10.5. The van der Waals surface area contributed by atoms with Crippen LogP contribution >= 0.6 is 11.8 Å². The first-order valence-electron chi connectivity index (χ1n) is 13.1. The van der Waals surface area contributed by atoms with Crippen molar-refractivity contribution in [3.63, 3.8) is 0 Å². The maximum atomic E-state index is 14.3. The highest BCUT2D eigenvalue weighted by Gasteiger charge is 2.72. The first kappa shape index (κ1) is 25.8. The summed E-state index contributed by atoms with van der Waals surface area (Å²) in [5.41, 5.74) is 0. The van der Waals surface area contributed by atoms with Crippen molar-refractivity contribution in [3.05, 3.63) is 24.3 Å². The predicted molar refractivity (Wildman–Crippen MR) is 135 cm³/mol. The lowest BCUT2D eigenvalue weighted by Crippen LogP contribution is -2.58. The summed E-state index contributed by atoms with van der Waals surface area (Å²) >= 11 is 1.54. The summed E-state index contributed by atoms with van der Waals surface area (Å²) in [6, 6.07) is -1.27. The van der Waals surface area contributed by atoms with Crippen molar-refractivity contribution < 1.29 is 29.0 Å². The van der Waals surface area contributed by atoms with Crippen molar-refractivity contribution in [2.45, 2.75) is 42.3 Å². The first-order valence-corrected chi connectivity index (χ1v) is 14.0. The summed E-state index contributed by atoms with van der Waals surface area (Å²) in [6.07, 6.45) is 8.55. The zero-order valence-corrected chi connectivity index (χ0v) is 21.9. The van der Waals surface area contributed by atoms with E-state index in [9.17, 15) is 19.5 Å². The molecule has 5 rings (SSSR count). The minimum atomic E-state index is -0.876. The Bertz CT molecular complexity index is 937. The van der Waals surface area contributed by atoms with Gasteiger partial charge >= 0.3 is 5.97 Å². The largest absolute Gasteiger partial charge is 0.461 e. The summed E-state index contributed by atoms with van der Waals surface area (Å²) in [5, 5.41) is 10.2. The van der Waals surface area contributed by atoms with Crippen LogP contribution in [0.1, 0.15) is 20.3 Å². The first-order chi connectivity index (χ1) is 17.4. The fourth-order valence-corrected chi connectivity index (χ4v) is 8.40. The van der Waals surface area contributed by atoms with Crippen molar-refractivity contribution in [2.75, 3.05) is 59.2 Å². The Morgan fingerprint density at radius 2 is 1.94 bits per heavy atom. The van der Waals surface area contributed by atoms with Crippen molar-refractivity contribution in [2.24, 2.45) is 17.8 Å². The Kier molecular flexibility index (Phi) is 7.49. The molecule has 1 unspecified atom stereocenters. The molecule has 198 valence electrons. The van der Waals surface area contributed by atoms with Crippen molar-refractivity contribution in [1.82, 2.24) is 14.7 Å². The SMILES string of the molecule is CC[C@H](C)[C@H](CO)N1C(=O)[C@@H]2[C@H]3C(=O)OCC=C[C@H]3S[C@@]23C=CCN(CCN2CCOCC2)C(=O)C13. The summed E-state index contributed by atoms with van der Waals surface area (Å²) < 4.78 is 10.0. The Morgan fingerprint density at radius 3 is 2.67 bits per heavy atom. The van der Waals surface area contributed by atoms with Gasteiger partial charge in [0.25, 0.3) is 0 Å². The van der Waals surface area contributed by atoms with Crippen LogP contribution in [0.3, 0.4) is 0 Å². The Morgan fingerprint density at radius 1 is 1.17 bits per heavy atom. The highest BCUT2D eigenvalue weighted by molar-refractivity contribution is 8.02. The minimum Gasteiger partial charge on any atom is -0.461 e. The molecule has 0 saturated carbocycles. The minimum absolute atomic E-state index is 0.00145. The highest BCUT2D eigenvalue weighted by Crippen LogP contribution is 2.61. The van der Waals surface area contributed by atoms with Gasteiger partial charge in [0.2, 0.25) is 11.8 Å². The fourth-order valence-electron chi connectivity index (χ4n) is 6.41. The molecule has 0 aromatic rings. The number of esters is 1. The number of aliphatic hydroxyl groups is 1. The Labute approximate surface area is 216 Å². The summed E-state index contributed by atoms with van der Waals surface area (Å²) in [4.78, 5) is 47.3. The third-order valence-electron chi connectivity index (χ3n) is 8.57. The van der Waals surface area contributed by atoms with Gasteiger partial charge in [0, 0.05) is 38.0 Å². The summed E-state index contributed by atoms with van der Waals surface area (Å²) in [5.74, 6) is -2.07. The molecule has 5 aliphatic heterocycles. The number of hydrogen-bond donors (Lipinski definition) is 1. The highest BCUT2D eigenvalue weighted by atomic mass is 32.2. The van der Waals surface area contributed by atoms with E-state index in [1.54, 1.807) is 16.7 Å². The molecular formula is C26H37N3O6S. The fraction of sp³-hybridized carbons (Fsp3) is 0.731. The average molecular weight is 520 g/mol. The van der Waals surface area contributed by atoms with E-state index in [1.165, 1.54) is 0 Å². The van der Waals surface area contributed by atoms with E-state index in [-0.39, 0.29) is 42.2 Å². The molecule has 3 fully saturated rings. The predicted octanol–water partition coefficient (Wildman–Crippen LogP) is 0.534. The number of aliphatic hydroxyl groups excluding tert-OH is 1. The molecule has 10 heteroatoms. The number of amides is 2. The van der Waals surface area contributed by atoms with E-state index in [1.807, 2.05) is 43.1 Å². The second-order valence-electron chi connectivity index (χ2n) is 10.4. The van der Waals surface area contributed by atoms with E-state index in [4.69, 9.17) is 9.47 Å². The maximum Gasteiger partial charge on any atom is 0.311 e. The van der Waals surface area contributed by atoms with Crippen LogP contribution in [0.5, 0.6) is 0 Å². The van der Waals surface area contributed by atoms with Gasteiger partial charge in [0.05, 0.1) is 42.4 Å². The van der Waals surface area contributed by atoms with Crippen molar-refractivity contribution in [3.8, 4) is 0 Å². The van der Waals surface area contributed by atoms with Crippen LogP contribution in [-0.2, 0) is 23.9 Å². The van der Waals surface area contributed by atoms with E-state index >= 15 is 0 Å². The molecular weight excluding hydrogens is 482 g/mol. The third-order valence-corrected chi connectivity index (χ3v) is 10.3. The van der Waals surface area contributed by atoms with Crippen LogP contribution in [0.4, 0.5) is 0 Å². The van der Waals surface area contributed by atoms with Crippen LogP contribution in [0.2, 0.25) is 0 Å². The van der Waals surface area contributed by atoms with E-state index in [0.29, 0.717) is 26.3 Å². The number of likely N-dealkylation sites (tertiary alicyclic amines) is 1. The second-order valence-corrected chi connectivity index (χ2v) is 11.9. The normalized spacial score (nSPS) is 36.1. The van der Waals surface area contributed by atoms with Gasteiger partial charge in [-0.05, 0) is 5.92 Å². The zero-order valence-electron chi connectivity index (χ0n) is 21.1. The number of hydrogen-bond acceptors (Lipinski definition) is 8. The zero-order chi connectivity index (χ0) is 25.4. The van der Waals surface area contributed by atoms with Gasteiger partial charge in [-0.1, -0.05) is 44.6 Å². The maximum absolute atomic E-state index is 14.3. The molecule has 1 N–H and O–H groups in total. The van der Waals surface area contributed by atoms with Gasteiger partial charge in [-0.3, -0.25) is 19.3 Å². The number of carbonyl (C=O) groups excluding carboxylic acids is 3. The number of cyclic esters (lactones) is 1. The molecule has 5 aliphatic rings. The van der Waals surface area contributed by atoms with Gasteiger partial charge in [0.15, 0.2) is 0 Å². The lowest BCUT2D eigenvalue weighted by Gasteiger charge is -2.40. The number of rotatable bonds is 7. The lowest BCUT2D eigenvalue weighted by molar-refractivity contribution is -0.152. The standard InChI is InChI=1S/C26H37N3O6S/c1-3-17(2)18(16-30)29-22-24(32)28(10-9-27-11-14-34-15-12-27)8-5-7-26(22)21(23(29)31)20-19(36-26)6-4-13-35-25(20)33/h4-7,17-22,30H,3,8-16H2,1-2H3/t17-,18-,19+,20-,21-,22?,26-/m0/s1. The van der Waals surface area contributed by atoms with Crippen LogP contribution in [0, 0.1) is 17.8 Å². The molecule has 7 atom stereocenters. The molecule has 1 spiro atoms. The van der Waals surface area contributed by atoms with Crippen LogP contribution in [0.25, 0.3) is 0 Å². The lowest BCUT2D eigenvalue weighted by atomic mass is 9.78. The molecule has 3 saturated heterocycles. The van der Waals surface area contributed by atoms with Crippen molar-refractivity contribution >= 4 is 29.5 Å². The molecule has 0 aromatic carbocycles. The summed E-state index contributed by atoms with van der Waals surface area (Å²) in [6.45, 7) is 8.80. The third kappa shape index (κ3) is 4.19. The summed E-state index contributed by atoms with van der Waals surface area (Å²) in [7, 11) is 0. The molecule has 0 bridgehead atoms. The number of morpholine rings is 1. The molecule has 0 radical (unpaired) electrons. The monoisotopic (exact) mass is 519 g/mol. The van der Waals surface area contributed by atoms with E-state index < -0.39 is 28.7 Å². The van der Waals surface area contributed by atoms with Crippen LogP contribution in [-0.4, -0.2) is 119 Å². The number of thioether (sulfide) groups is 1. The smallest absolute Gasteiger partial charge is 0.311 e. The molecule has 36 heavy (non-hydrogen) atoms. The number of fused-ring (bicyclic) bond motifs is 2. The van der Waals surface area contributed by atoms with E-state index in [0.717, 1.165) is 26.1 Å². The van der Waals surface area contributed by atoms with Gasteiger partial charge in [0.1, 0.15) is 12.6 Å². The topological polar surface area (TPSA) is 99.6 Å². The molecule has 0 aliphatic carbocycles. The molecule has 5 heterocycles. The van der Waals surface area contributed by atoms with Gasteiger partial charge < -0.3 is 24.4 Å². The average Bonchev–Trinajstić information content (AvgIpc) is 3.19. The van der Waals surface area contributed by atoms with E-state index in [2.05, 4.69) is 4.90 Å². The molecule has 2 amide bonds. The van der Waals surface area contributed by atoms with Crippen LogP contribution in [0.15, 0.2) is 24.3 Å². The van der Waals surface area contributed by atoms with Gasteiger partial charge in [-0.25, -0.2) is 0 Å². The van der Waals surface area contributed by atoms with Gasteiger partial charge in [-0.2, -0.15) is 0 Å². The van der Waals surface area contributed by atoms with Crippen molar-refractivity contribution in [1.29, 1.82) is 0 Å². The Balaban J connectivity index is 1.52. The molecule has 9 nitrogen and oxygen atoms in total.